The summed E-state index contributed by atoms with van der Waals surface area (Å²) in [5.41, 5.74) is 5.65. The first-order valence-corrected chi connectivity index (χ1v) is 9.86. The van der Waals surface area contributed by atoms with Gasteiger partial charge in [0.1, 0.15) is 17.1 Å². The largest absolute Gasteiger partial charge is 0.496 e. The van der Waals surface area contributed by atoms with Crippen molar-refractivity contribution >= 4 is 10.9 Å². The fraction of sp³-hybridized carbons (Fsp3) is 0.174. The third-order valence-electron chi connectivity index (χ3n) is 5.20. The molecule has 8 nitrogen and oxygen atoms in total. The van der Waals surface area contributed by atoms with Gasteiger partial charge in [0.15, 0.2) is 0 Å². The van der Waals surface area contributed by atoms with Crippen LogP contribution in [0, 0.1) is 0 Å². The molecule has 5 rings (SSSR count). The van der Waals surface area contributed by atoms with E-state index < -0.39 is 0 Å². The molecule has 5 aromatic rings. The van der Waals surface area contributed by atoms with Gasteiger partial charge in [-0.1, -0.05) is 12.1 Å². The minimum Gasteiger partial charge on any atom is -0.496 e. The monoisotopic (exact) mass is 411 g/mol. The Labute approximate surface area is 179 Å². The lowest BCUT2D eigenvalue weighted by molar-refractivity contribution is 0.410. The van der Waals surface area contributed by atoms with Crippen molar-refractivity contribution in [2.45, 2.75) is 6.42 Å². The maximum Gasteiger partial charge on any atom is 0.133 e. The fourth-order valence-corrected chi connectivity index (χ4v) is 3.64. The molecule has 0 saturated heterocycles. The van der Waals surface area contributed by atoms with Crippen LogP contribution in [-0.4, -0.2) is 41.6 Å². The van der Waals surface area contributed by atoms with Crippen molar-refractivity contribution in [3.8, 4) is 28.1 Å². The van der Waals surface area contributed by atoms with Crippen LogP contribution >= 0.6 is 0 Å². The number of pyridine rings is 1. The molecular formula is C23H21N7O. The van der Waals surface area contributed by atoms with E-state index in [0.717, 1.165) is 44.6 Å². The van der Waals surface area contributed by atoms with Crippen molar-refractivity contribution in [3.63, 3.8) is 0 Å². The molecule has 31 heavy (non-hydrogen) atoms. The van der Waals surface area contributed by atoms with Crippen LogP contribution in [0.5, 0.6) is 5.75 Å². The Morgan fingerprint density at radius 2 is 1.65 bits per heavy atom. The van der Waals surface area contributed by atoms with E-state index in [0.29, 0.717) is 12.2 Å². The van der Waals surface area contributed by atoms with Gasteiger partial charge in [-0.2, -0.15) is 10.2 Å². The number of aromatic nitrogens is 7. The minimum atomic E-state index is 0.549. The zero-order chi connectivity index (χ0) is 21.4. The molecule has 0 fully saturated rings. The molecule has 0 amide bonds. The molecule has 0 bridgehead atoms. The van der Waals surface area contributed by atoms with E-state index in [1.54, 1.807) is 28.9 Å². The summed E-state index contributed by atoms with van der Waals surface area (Å²) < 4.78 is 9.20. The predicted octanol–water partition coefficient (Wildman–Crippen LogP) is 3.43. The zero-order valence-electron chi connectivity index (χ0n) is 17.5. The van der Waals surface area contributed by atoms with Crippen LogP contribution in [0.3, 0.4) is 0 Å². The molecule has 0 radical (unpaired) electrons. The van der Waals surface area contributed by atoms with E-state index in [9.17, 15) is 0 Å². The van der Waals surface area contributed by atoms with Crippen molar-refractivity contribution < 1.29 is 4.74 Å². The number of ether oxygens (including phenoxy) is 1. The van der Waals surface area contributed by atoms with Crippen LogP contribution in [0.4, 0.5) is 0 Å². The number of methoxy groups -OCH3 is 1. The Bertz CT molecular complexity index is 1390. The molecule has 4 aromatic heterocycles. The number of nitrogens with zero attached hydrogens (tertiary/aromatic N) is 7. The molecule has 1 aromatic carbocycles. The molecule has 0 unspecified atom stereocenters. The van der Waals surface area contributed by atoms with E-state index in [4.69, 9.17) is 9.72 Å². The van der Waals surface area contributed by atoms with Gasteiger partial charge < -0.3 is 4.74 Å². The van der Waals surface area contributed by atoms with Gasteiger partial charge in [-0.15, -0.1) is 0 Å². The van der Waals surface area contributed by atoms with Crippen LogP contribution in [0.1, 0.15) is 11.4 Å². The van der Waals surface area contributed by atoms with E-state index >= 15 is 0 Å². The third kappa shape index (κ3) is 3.63. The van der Waals surface area contributed by atoms with Gasteiger partial charge in [-0.3, -0.25) is 14.3 Å². The van der Waals surface area contributed by atoms with Crippen LogP contribution in [-0.2, 0) is 20.5 Å². The fourth-order valence-electron chi connectivity index (χ4n) is 3.64. The first kappa shape index (κ1) is 18.9. The second-order valence-corrected chi connectivity index (χ2v) is 7.39. The minimum absolute atomic E-state index is 0.549. The molecule has 0 spiro atoms. The first-order valence-electron chi connectivity index (χ1n) is 9.86. The van der Waals surface area contributed by atoms with Gasteiger partial charge in [0.25, 0.3) is 0 Å². The Kier molecular flexibility index (Phi) is 4.66. The van der Waals surface area contributed by atoms with Crippen molar-refractivity contribution in [1.82, 2.24) is 34.5 Å². The summed E-state index contributed by atoms with van der Waals surface area (Å²) in [5.74, 6) is 1.50. The van der Waals surface area contributed by atoms with Crippen LogP contribution in [0.25, 0.3) is 33.3 Å². The molecule has 0 N–H and O–H groups in total. The molecule has 0 aliphatic carbocycles. The van der Waals surface area contributed by atoms with E-state index in [-0.39, 0.29) is 0 Å². The quantitative estimate of drug-likeness (QED) is 0.441. The number of hydrogen-bond acceptors (Lipinski definition) is 6. The lowest BCUT2D eigenvalue weighted by Crippen LogP contribution is -2.00. The number of fused-ring (bicyclic) bond motifs is 1. The summed E-state index contributed by atoms with van der Waals surface area (Å²) in [6.07, 6.45) is 11.7. The van der Waals surface area contributed by atoms with Crippen molar-refractivity contribution in [1.29, 1.82) is 0 Å². The second-order valence-electron chi connectivity index (χ2n) is 7.39. The Morgan fingerprint density at radius 3 is 2.35 bits per heavy atom. The lowest BCUT2D eigenvalue weighted by atomic mass is 10.0. The number of rotatable bonds is 5. The van der Waals surface area contributed by atoms with Gasteiger partial charge in [-0.25, -0.2) is 9.97 Å². The average Bonchev–Trinajstić information content (AvgIpc) is 3.42. The number of hydrogen-bond donors (Lipinski definition) is 0. The summed E-state index contributed by atoms with van der Waals surface area (Å²) in [4.78, 5) is 14.0. The zero-order valence-corrected chi connectivity index (χ0v) is 17.5. The summed E-state index contributed by atoms with van der Waals surface area (Å²) >= 11 is 0. The normalized spacial score (nSPS) is 11.2. The van der Waals surface area contributed by atoms with Crippen LogP contribution in [0.2, 0.25) is 0 Å². The van der Waals surface area contributed by atoms with E-state index in [1.165, 1.54) is 0 Å². The maximum absolute atomic E-state index is 5.66. The van der Waals surface area contributed by atoms with Crippen molar-refractivity contribution in [2.75, 3.05) is 7.11 Å². The number of aryl methyl sites for hydroxylation is 2. The Balaban J connectivity index is 1.52. The van der Waals surface area contributed by atoms with Crippen molar-refractivity contribution in [3.05, 3.63) is 72.8 Å². The van der Waals surface area contributed by atoms with Gasteiger partial charge in [0, 0.05) is 67.4 Å². The summed E-state index contributed by atoms with van der Waals surface area (Å²) in [5, 5.41) is 9.45. The molecule has 8 heteroatoms. The molecule has 154 valence electrons. The van der Waals surface area contributed by atoms with Crippen LogP contribution < -0.4 is 4.74 Å². The predicted molar refractivity (Wildman–Crippen MR) is 118 cm³/mol. The summed E-state index contributed by atoms with van der Waals surface area (Å²) in [6.45, 7) is 0. The van der Waals surface area contributed by atoms with Gasteiger partial charge in [0.05, 0.1) is 25.2 Å². The number of benzene rings is 1. The lowest BCUT2D eigenvalue weighted by Gasteiger charge is -2.10. The molecule has 0 saturated carbocycles. The SMILES string of the molecule is COc1cc(-c2cnn(C)c2)ccc1Cc1ncc2ccnc(-c3cnn(C)c3)c2n1. The Morgan fingerprint density at radius 1 is 0.871 bits per heavy atom. The molecule has 0 aliphatic rings. The van der Waals surface area contributed by atoms with Crippen LogP contribution in [0.15, 0.2) is 61.4 Å². The first-order chi connectivity index (χ1) is 15.1. The summed E-state index contributed by atoms with van der Waals surface area (Å²) in [7, 11) is 5.47. The molecule has 0 atom stereocenters. The van der Waals surface area contributed by atoms with Crippen molar-refractivity contribution in [2.24, 2.45) is 14.1 Å². The molecule has 0 aliphatic heterocycles. The standard InChI is InChI=1S/C23H21N7O/c1-29-13-18(11-26-29)15-4-5-16(20(8-15)31-3)9-21-25-10-17-6-7-24-22(23(17)28-21)19-12-27-30(2)14-19/h4-8,10-14H,9H2,1-3H3. The van der Waals surface area contributed by atoms with Gasteiger partial charge in [0.2, 0.25) is 0 Å². The smallest absolute Gasteiger partial charge is 0.133 e. The summed E-state index contributed by atoms with van der Waals surface area (Å²) in [6, 6.07) is 8.07. The van der Waals surface area contributed by atoms with E-state index in [2.05, 4.69) is 32.3 Å². The Hall–Kier alpha value is -4.07. The van der Waals surface area contributed by atoms with Gasteiger partial charge in [-0.05, 0) is 17.7 Å². The third-order valence-corrected chi connectivity index (χ3v) is 5.20. The highest BCUT2D eigenvalue weighted by molar-refractivity contribution is 5.90. The highest BCUT2D eigenvalue weighted by atomic mass is 16.5. The highest BCUT2D eigenvalue weighted by Crippen LogP contribution is 2.29. The topological polar surface area (TPSA) is 83.5 Å². The average molecular weight is 411 g/mol. The second kappa shape index (κ2) is 7.64. The highest BCUT2D eigenvalue weighted by Gasteiger charge is 2.13. The molecular weight excluding hydrogens is 390 g/mol. The van der Waals surface area contributed by atoms with E-state index in [1.807, 2.05) is 51.0 Å². The maximum atomic E-state index is 5.66. The molecule has 4 heterocycles. The van der Waals surface area contributed by atoms with Gasteiger partial charge >= 0.3 is 0 Å².